The van der Waals surface area contributed by atoms with Crippen molar-refractivity contribution >= 4 is 11.9 Å². The molecule has 2 aliphatic rings. The SMILES string of the molecule is C/C=C/C1CCC(c2ccc(-c3ccc(C4=CC=C(C=O)C(F)C4F)cc3)cc2F)CO1. The monoisotopic (exact) mass is 438 g/mol. The minimum absolute atomic E-state index is 0.0330. The van der Waals surface area contributed by atoms with Gasteiger partial charge in [0.2, 0.25) is 0 Å². The van der Waals surface area contributed by atoms with E-state index in [-0.39, 0.29) is 29.0 Å². The Hall–Kier alpha value is -2.92. The molecule has 0 spiro atoms. The third-order valence-electron chi connectivity index (χ3n) is 6.17. The number of carbonyl (C=O) groups excluding carboxylic acids is 1. The maximum atomic E-state index is 14.9. The summed E-state index contributed by atoms with van der Waals surface area (Å²) in [6.45, 7) is 2.45. The molecule has 1 aliphatic carbocycles. The van der Waals surface area contributed by atoms with Gasteiger partial charge in [-0.15, -0.1) is 0 Å². The zero-order valence-corrected chi connectivity index (χ0v) is 17.8. The molecule has 0 saturated carbocycles. The summed E-state index contributed by atoms with van der Waals surface area (Å²) >= 11 is 0. The lowest BCUT2D eigenvalue weighted by Crippen LogP contribution is -2.24. The van der Waals surface area contributed by atoms with E-state index >= 15 is 0 Å². The summed E-state index contributed by atoms with van der Waals surface area (Å²) in [4.78, 5) is 10.8. The lowest BCUT2D eigenvalue weighted by atomic mass is 9.88. The Morgan fingerprint density at radius 1 is 0.938 bits per heavy atom. The van der Waals surface area contributed by atoms with E-state index in [1.54, 1.807) is 24.3 Å². The molecule has 2 aromatic rings. The molecule has 0 N–H and O–H groups in total. The first kappa shape index (κ1) is 22.3. The molecule has 2 aromatic carbocycles. The van der Waals surface area contributed by atoms with Gasteiger partial charge in [-0.1, -0.05) is 60.7 Å². The Morgan fingerprint density at radius 2 is 1.66 bits per heavy atom. The van der Waals surface area contributed by atoms with Gasteiger partial charge in [-0.05, 0) is 53.7 Å². The Morgan fingerprint density at radius 3 is 2.28 bits per heavy atom. The maximum absolute atomic E-state index is 14.9. The third-order valence-corrected chi connectivity index (χ3v) is 6.17. The number of carbonyl (C=O) groups is 1. The van der Waals surface area contributed by atoms with Crippen LogP contribution in [0.4, 0.5) is 13.2 Å². The number of allylic oxidation sites excluding steroid dienone is 5. The van der Waals surface area contributed by atoms with Crippen LogP contribution in [0.2, 0.25) is 0 Å². The second-order valence-corrected chi connectivity index (χ2v) is 8.20. The quantitative estimate of drug-likeness (QED) is 0.392. The summed E-state index contributed by atoms with van der Waals surface area (Å²) in [7, 11) is 0. The largest absolute Gasteiger partial charge is 0.374 e. The van der Waals surface area contributed by atoms with Crippen LogP contribution in [0.1, 0.15) is 36.8 Å². The van der Waals surface area contributed by atoms with Crippen LogP contribution in [-0.4, -0.2) is 31.3 Å². The summed E-state index contributed by atoms with van der Waals surface area (Å²) in [5.41, 5.74) is 2.65. The number of hydrogen-bond donors (Lipinski definition) is 0. The van der Waals surface area contributed by atoms with Crippen molar-refractivity contribution in [2.75, 3.05) is 6.61 Å². The Bertz CT molecular complexity index is 1060. The van der Waals surface area contributed by atoms with Crippen LogP contribution in [0.3, 0.4) is 0 Å². The Balaban J connectivity index is 1.50. The van der Waals surface area contributed by atoms with E-state index in [4.69, 9.17) is 4.74 Å². The van der Waals surface area contributed by atoms with Crippen LogP contribution >= 0.6 is 0 Å². The molecule has 166 valence electrons. The molecule has 0 bridgehead atoms. The van der Waals surface area contributed by atoms with Gasteiger partial charge in [-0.25, -0.2) is 13.2 Å². The predicted octanol–water partition coefficient (Wildman–Crippen LogP) is 6.53. The molecule has 4 rings (SSSR count). The first-order valence-corrected chi connectivity index (χ1v) is 10.8. The van der Waals surface area contributed by atoms with Crippen LogP contribution in [0, 0.1) is 5.82 Å². The molecule has 32 heavy (non-hydrogen) atoms. The highest BCUT2D eigenvalue weighted by atomic mass is 19.2. The van der Waals surface area contributed by atoms with Crippen molar-refractivity contribution in [3.8, 4) is 11.1 Å². The van der Waals surface area contributed by atoms with Crippen molar-refractivity contribution in [1.29, 1.82) is 0 Å². The molecule has 1 aliphatic heterocycles. The number of hydrogen-bond acceptors (Lipinski definition) is 2. The smallest absolute Gasteiger partial charge is 0.164 e. The van der Waals surface area contributed by atoms with Crippen LogP contribution in [-0.2, 0) is 9.53 Å². The van der Waals surface area contributed by atoms with Crippen molar-refractivity contribution in [2.24, 2.45) is 0 Å². The fourth-order valence-electron chi connectivity index (χ4n) is 4.33. The first-order valence-electron chi connectivity index (χ1n) is 10.8. The third kappa shape index (κ3) is 4.49. The van der Waals surface area contributed by atoms with Crippen LogP contribution < -0.4 is 0 Å². The number of ether oxygens (including phenoxy) is 1. The number of benzene rings is 2. The lowest BCUT2D eigenvalue weighted by Gasteiger charge is -2.28. The van der Waals surface area contributed by atoms with Crippen molar-refractivity contribution in [3.05, 3.63) is 89.3 Å². The highest BCUT2D eigenvalue weighted by Gasteiger charge is 2.31. The molecule has 2 nitrogen and oxygen atoms in total. The molecule has 4 unspecified atom stereocenters. The van der Waals surface area contributed by atoms with E-state index in [2.05, 4.69) is 0 Å². The molecule has 1 heterocycles. The topological polar surface area (TPSA) is 26.3 Å². The molecule has 1 fully saturated rings. The first-order chi connectivity index (χ1) is 15.5. The molecule has 1 saturated heterocycles. The van der Waals surface area contributed by atoms with Gasteiger partial charge in [0.15, 0.2) is 12.3 Å². The second kappa shape index (κ2) is 9.70. The van der Waals surface area contributed by atoms with Crippen molar-refractivity contribution in [3.63, 3.8) is 0 Å². The number of alkyl halides is 2. The molecule has 0 radical (unpaired) electrons. The average Bonchev–Trinajstić information content (AvgIpc) is 2.82. The molecular formula is C27H25F3O2. The van der Waals surface area contributed by atoms with E-state index in [1.165, 1.54) is 18.2 Å². The van der Waals surface area contributed by atoms with Gasteiger partial charge in [-0.3, -0.25) is 4.79 Å². The van der Waals surface area contributed by atoms with Crippen molar-refractivity contribution in [1.82, 2.24) is 0 Å². The van der Waals surface area contributed by atoms with E-state index in [1.807, 2.05) is 31.2 Å². The van der Waals surface area contributed by atoms with Gasteiger partial charge >= 0.3 is 0 Å². The molecule has 0 aromatic heterocycles. The second-order valence-electron chi connectivity index (χ2n) is 8.20. The zero-order chi connectivity index (χ0) is 22.7. The van der Waals surface area contributed by atoms with E-state index in [0.29, 0.717) is 29.6 Å². The average molecular weight is 438 g/mol. The standard InChI is InChI=1S/C27H25F3O2/c1-2-3-22-11-8-21(16-32-22)23-12-9-19(14-25(23)28)17-4-6-18(7-5-17)24-13-10-20(15-31)26(29)27(24)30/h2-7,9-10,12-15,21-22,26-27H,8,11,16H2,1H3/b3-2+. The normalized spacial score (nSPS) is 26.0. The lowest BCUT2D eigenvalue weighted by molar-refractivity contribution is -0.105. The molecule has 0 amide bonds. The fourth-order valence-corrected chi connectivity index (χ4v) is 4.33. The van der Waals surface area contributed by atoms with Gasteiger partial charge in [0.05, 0.1) is 12.7 Å². The van der Waals surface area contributed by atoms with Gasteiger partial charge < -0.3 is 4.74 Å². The van der Waals surface area contributed by atoms with E-state index < -0.39 is 12.3 Å². The molecule has 5 heteroatoms. The predicted molar refractivity (Wildman–Crippen MR) is 120 cm³/mol. The van der Waals surface area contributed by atoms with Crippen molar-refractivity contribution in [2.45, 2.75) is 44.1 Å². The molecular weight excluding hydrogens is 413 g/mol. The summed E-state index contributed by atoms with van der Waals surface area (Å²) in [6, 6.07) is 12.1. The Labute approximate surface area is 186 Å². The number of aldehydes is 1. The highest BCUT2D eigenvalue weighted by Crippen LogP contribution is 2.34. The van der Waals surface area contributed by atoms with Crippen LogP contribution in [0.25, 0.3) is 16.7 Å². The van der Waals surface area contributed by atoms with Gasteiger partial charge in [-0.2, -0.15) is 0 Å². The summed E-state index contributed by atoms with van der Waals surface area (Å²) in [5.74, 6) is -0.235. The minimum atomic E-state index is -1.97. The van der Waals surface area contributed by atoms with Crippen LogP contribution in [0.5, 0.6) is 0 Å². The van der Waals surface area contributed by atoms with Gasteiger partial charge in [0, 0.05) is 11.5 Å². The van der Waals surface area contributed by atoms with Gasteiger partial charge in [0.1, 0.15) is 12.1 Å². The summed E-state index contributed by atoms with van der Waals surface area (Å²) < 4.78 is 49.2. The molecule has 4 atom stereocenters. The Kier molecular flexibility index (Phi) is 6.75. The number of rotatable bonds is 5. The highest BCUT2D eigenvalue weighted by molar-refractivity contribution is 5.83. The van der Waals surface area contributed by atoms with E-state index in [0.717, 1.165) is 18.4 Å². The van der Waals surface area contributed by atoms with Crippen LogP contribution in [0.15, 0.2) is 72.3 Å². The summed E-state index contributed by atoms with van der Waals surface area (Å²) in [5, 5.41) is 0. The minimum Gasteiger partial charge on any atom is -0.374 e. The van der Waals surface area contributed by atoms with Crippen molar-refractivity contribution < 1.29 is 22.7 Å². The number of halogens is 3. The fraction of sp³-hybridized carbons (Fsp3) is 0.296. The maximum Gasteiger partial charge on any atom is 0.164 e. The zero-order valence-electron chi connectivity index (χ0n) is 17.8. The van der Waals surface area contributed by atoms with E-state index in [9.17, 15) is 18.0 Å². The summed E-state index contributed by atoms with van der Waals surface area (Å²) in [6.07, 6.45) is 5.06. The van der Waals surface area contributed by atoms with Gasteiger partial charge in [0.25, 0.3) is 0 Å².